The van der Waals surface area contributed by atoms with Crippen molar-refractivity contribution in [3.05, 3.63) is 48.5 Å². The van der Waals surface area contributed by atoms with Crippen LogP contribution in [0.4, 0.5) is 5.82 Å². The van der Waals surface area contributed by atoms with Crippen molar-refractivity contribution in [3.8, 4) is 0 Å². The summed E-state index contributed by atoms with van der Waals surface area (Å²) in [6, 6.07) is 10.4. The number of nitrogens with one attached hydrogen (secondary N) is 2. The van der Waals surface area contributed by atoms with E-state index in [-0.39, 0.29) is 6.04 Å². The Hall–Kier alpha value is -2.43. The highest BCUT2D eigenvalue weighted by atomic mass is 15.1. The molecule has 3 rings (SSSR count). The number of hydrogen-bond donors (Lipinski definition) is 2. The molecule has 1 aromatic carbocycles. The maximum atomic E-state index is 4.25. The van der Waals surface area contributed by atoms with Crippen molar-refractivity contribution in [1.82, 2.24) is 19.9 Å². The second kappa shape index (κ2) is 4.44. The van der Waals surface area contributed by atoms with Crippen LogP contribution in [0.5, 0.6) is 0 Å². The van der Waals surface area contributed by atoms with Crippen molar-refractivity contribution in [2.24, 2.45) is 0 Å². The maximum absolute atomic E-state index is 4.25. The van der Waals surface area contributed by atoms with Gasteiger partial charge in [-0.05, 0) is 12.5 Å². The van der Waals surface area contributed by atoms with Crippen LogP contribution in [0.2, 0.25) is 0 Å². The number of imidazole rings is 1. The highest BCUT2D eigenvalue weighted by molar-refractivity contribution is 5.82. The number of aromatic amines is 1. The van der Waals surface area contributed by atoms with Gasteiger partial charge in [0.15, 0.2) is 11.5 Å². The predicted molar refractivity (Wildman–Crippen MR) is 70.2 cm³/mol. The molecule has 0 bridgehead atoms. The van der Waals surface area contributed by atoms with Gasteiger partial charge in [-0.2, -0.15) is 0 Å². The lowest BCUT2D eigenvalue weighted by Gasteiger charge is -2.14. The average Bonchev–Trinajstić information content (AvgIpc) is 2.89. The highest BCUT2D eigenvalue weighted by Gasteiger charge is 2.09. The Morgan fingerprint density at radius 3 is 2.78 bits per heavy atom. The van der Waals surface area contributed by atoms with Gasteiger partial charge in [-0.3, -0.25) is 0 Å². The van der Waals surface area contributed by atoms with Crippen LogP contribution >= 0.6 is 0 Å². The summed E-state index contributed by atoms with van der Waals surface area (Å²) in [4.78, 5) is 15.5. The summed E-state index contributed by atoms with van der Waals surface area (Å²) in [5.41, 5.74) is 2.72. The van der Waals surface area contributed by atoms with Gasteiger partial charge in [0.1, 0.15) is 11.8 Å². The van der Waals surface area contributed by atoms with Crippen molar-refractivity contribution < 1.29 is 0 Å². The van der Waals surface area contributed by atoms with E-state index in [0.717, 1.165) is 11.3 Å². The molecule has 3 aromatic rings. The Kier molecular flexibility index (Phi) is 2.64. The van der Waals surface area contributed by atoms with E-state index >= 15 is 0 Å². The highest BCUT2D eigenvalue weighted by Crippen LogP contribution is 2.21. The molecule has 0 saturated heterocycles. The van der Waals surface area contributed by atoms with Crippen LogP contribution in [0.15, 0.2) is 43.0 Å². The molecule has 5 heteroatoms. The normalized spacial score (nSPS) is 12.5. The second-order valence-corrected chi connectivity index (χ2v) is 4.10. The topological polar surface area (TPSA) is 66.5 Å². The van der Waals surface area contributed by atoms with Crippen LogP contribution in [-0.4, -0.2) is 19.9 Å². The minimum absolute atomic E-state index is 0.174. The van der Waals surface area contributed by atoms with E-state index in [4.69, 9.17) is 0 Å². The van der Waals surface area contributed by atoms with E-state index in [1.54, 1.807) is 6.33 Å². The minimum atomic E-state index is 0.174. The Morgan fingerprint density at radius 1 is 1.11 bits per heavy atom. The standard InChI is InChI=1S/C13H13N5/c1-9(10-5-3-2-4-6-10)18-13-11-12(15-7-14-11)16-8-17-13/h2-9H,1H3,(H2,14,15,16,17,18)/t9-/m1/s1. The van der Waals surface area contributed by atoms with Gasteiger partial charge >= 0.3 is 0 Å². The Balaban J connectivity index is 1.91. The zero-order valence-electron chi connectivity index (χ0n) is 9.96. The molecule has 0 aliphatic rings. The summed E-state index contributed by atoms with van der Waals surface area (Å²) >= 11 is 0. The van der Waals surface area contributed by atoms with Crippen LogP contribution < -0.4 is 5.32 Å². The third-order valence-corrected chi connectivity index (χ3v) is 2.88. The second-order valence-electron chi connectivity index (χ2n) is 4.10. The van der Waals surface area contributed by atoms with E-state index in [2.05, 4.69) is 44.3 Å². The Bertz CT molecular complexity index is 647. The zero-order valence-corrected chi connectivity index (χ0v) is 9.96. The fourth-order valence-electron chi connectivity index (χ4n) is 1.90. The first-order valence-electron chi connectivity index (χ1n) is 5.80. The molecule has 5 nitrogen and oxygen atoms in total. The predicted octanol–water partition coefficient (Wildman–Crippen LogP) is 2.53. The van der Waals surface area contributed by atoms with Crippen LogP contribution in [-0.2, 0) is 0 Å². The molecule has 2 aromatic heterocycles. The van der Waals surface area contributed by atoms with Gasteiger partial charge in [-0.1, -0.05) is 30.3 Å². The first kappa shape index (κ1) is 10.7. The van der Waals surface area contributed by atoms with Gasteiger partial charge < -0.3 is 10.3 Å². The van der Waals surface area contributed by atoms with Crippen molar-refractivity contribution in [3.63, 3.8) is 0 Å². The summed E-state index contributed by atoms with van der Waals surface area (Å²) in [5.74, 6) is 0.772. The molecule has 0 amide bonds. The summed E-state index contributed by atoms with van der Waals surface area (Å²) in [6.45, 7) is 2.10. The number of fused-ring (bicyclic) bond motifs is 1. The number of hydrogen-bond acceptors (Lipinski definition) is 4. The van der Waals surface area contributed by atoms with Gasteiger partial charge in [0.2, 0.25) is 0 Å². The van der Waals surface area contributed by atoms with Gasteiger partial charge in [0, 0.05) is 0 Å². The smallest absolute Gasteiger partial charge is 0.182 e. The number of anilines is 1. The summed E-state index contributed by atoms with van der Waals surface area (Å²) in [7, 11) is 0. The van der Waals surface area contributed by atoms with Crippen LogP contribution in [0.25, 0.3) is 11.2 Å². The maximum Gasteiger partial charge on any atom is 0.182 e. The first-order chi connectivity index (χ1) is 8.84. The van der Waals surface area contributed by atoms with Crippen molar-refractivity contribution in [2.45, 2.75) is 13.0 Å². The third kappa shape index (κ3) is 1.90. The molecule has 0 fully saturated rings. The summed E-state index contributed by atoms with van der Waals surface area (Å²) < 4.78 is 0. The molecule has 0 saturated carbocycles. The molecule has 1 atom stereocenters. The summed E-state index contributed by atoms with van der Waals surface area (Å²) in [6.07, 6.45) is 3.14. The molecule has 2 heterocycles. The lowest BCUT2D eigenvalue weighted by Crippen LogP contribution is -2.08. The minimum Gasteiger partial charge on any atom is -0.362 e. The van der Waals surface area contributed by atoms with E-state index in [1.165, 1.54) is 11.9 Å². The molecule has 0 aliphatic carbocycles. The summed E-state index contributed by atoms with van der Waals surface area (Å²) in [5, 5.41) is 3.36. The van der Waals surface area contributed by atoms with Crippen LogP contribution in [0, 0.1) is 0 Å². The molecule has 0 unspecified atom stereocenters. The quantitative estimate of drug-likeness (QED) is 0.737. The molecular formula is C13H13N5. The molecule has 0 radical (unpaired) electrons. The van der Waals surface area contributed by atoms with E-state index in [1.807, 2.05) is 18.2 Å². The molecule has 2 N–H and O–H groups in total. The van der Waals surface area contributed by atoms with Crippen molar-refractivity contribution >= 4 is 17.0 Å². The van der Waals surface area contributed by atoms with Crippen molar-refractivity contribution in [1.29, 1.82) is 0 Å². The molecule has 18 heavy (non-hydrogen) atoms. The van der Waals surface area contributed by atoms with Gasteiger partial charge in [-0.15, -0.1) is 0 Å². The van der Waals surface area contributed by atoms with Crippen LogP contribution in [0.3, 0.4) is 0 Å². The monoisotopic (exact) mass is 239 g/mol. The fourth-order valence-corrected chi connectivity index (χ4v) is 1.90. The third-order valence-electron chi connectivity index (χ3n) is 2.88. The van der Waals surface area contributed by atoms with Crippen LogP contribution in [0.1, 0.15) is 18.5 Å². The Morgan fingerprint density at radius 2 is 1.94 bits per heavy atom. The van der Waals surface area contributed by atoms with E-state index in [9.17, 15) is 0 Å². The zero-order chi connectivity index (χ0) is 12.4. The average molecular weight is 239 g/mol. The van der Waals surface area contributed by atoms with E-state index in [0.29, 0.717) is 5.65 Å². The SMILES string of the molecule is C[C@@H](Nc1ncnc2nc[nH]c12)c1ccccc1. The molecule has 0 spiro atoms. The molecule has 0 aliphatic heterocycles. The molecule has 90 valence electrons. The van der Waals surface area contributed by atoms with Gasteiger partial charge in [0.25, 0.3) is 0 Å². The number of aromatic nitrogens is 4. The van der Waals surface area contributed by atoms with Gasteiger partial charge in [0.05, 0.1) is 12.4 Å². The number of H-pyrrole nitrogens is 1. The Labute approximate surface area is 104 Å². The fraction of sp³-hybridized carbons (Fsp3) is 0.154. The largest absolute Gasteiger partial charge is 0.362 e. The van der Waals surface area contributed by atoms with E-state index < -0.39 is 0 Å². The first-order valence-corrected chi connectivity index (χ1v) is 5.80. The number of nitrogens with zero attached hydrogens (tertiary/aromatic N) is 3. The lowest BCUT2D eigenvalue weighted by molar-refractivity contribution is 0.875. The lowest BCUT2D eigenvalue weighted by atomic mass is 10.1. The van der Waals surface area contributed by atoms with Gasteiger partial charge in [-0.25, -0.2) is 15.0 Å². The van der Waals surface area contributed by atoms with Crippen molar-refractivity contribution in [2.75, 3.05) is 5.32 Å². The number of benzene rings is 1. The molecular weight excluding hydrogens is 226 g/mol. The number of rotatable bonds is 3.